The van der Waals surface area contributed by atoms with Crippen molar-refractivity contribution in [2.45, 2.75) is 6.54 Å². The number of rotatable bonds is 3. The van der Waals surface area contributed by atoms with Gasteiger partial charge in [0.25, 0.3) is 5.56 Å². The molecule has 0 fully saturated rings. The number of fused-ring (bicyclic) bond motifs is 1. The van der Waals surface area contributed by atoms with E-state index in [2.05, 4.69) is 36.2 Å². The molecule has 120 valence electrons. The Bertz CT molecular complexity index is 1080. The lowest BCUT2D eigenvalue weighted by Gasteiger charge is -2.02. The van der Waals surface area contributed by atoms with E-state index in [1.165, 1.54) is 15.7 Å². The van der Waals surface area contributed by atoms with E-state index in [1.807, 2.05) is 30.3 Å². The topological polar surface area (TPSA) is 83.4 Å². The lowest BCUT2D eigenvalue weighted by molar-refractivity contribution is 0.691. The fourth-order valence-electron chi connectivity index (χ4n) is 2.48. The number of benzene rings is 1. The highest BCUT2D eigenvalue weighted by atomic mass is 79.9. The second-order valence-corrected chi connectivity index (χ2v) is 6.00. The van der Waals surface area contributed by atoms with Crippen LogP contribution in [0.2, 0.25) is 0 Å². The number of nitrogens with zero attached hydrogens (tertiary/aromatic N) is 7. The van der Waals surface area contributed by atoms with Crippen molar-refractivity contribution in [3.8, 4) is 5.69 Å². The highest BCUT2D eigenvalue weighted by molar-refractivity contribution is 9.10. The Kier molecular flexibility index (Phi) is 3.49. The fourth-order valence-corrected chi connectivity index (χ4v) is 3.06. The van der Waals surface area contributed by atoms with Crippen LogP contribution >= 0.6 is 15.9 Å². The van der Waals surface area contributed by atoms with Crippen LogP contribution in [0.4, 0.5) is 0 Å². The second kappa shape index (κ2) is 5.68. The third-order valence-electron chi connectivity index (χ3n) is 3.63. The summed E-state index contributed by atoms with van der Waals surface area (Å²) >= 11 is 3.31. The monoisotopic (exact) mass is 385 g/mol. The molecule has 0 spiro atoms. The Labute approximate surface area is 144 Å². The van der Waals surface area contributed by atoms with Gasteiger partial charge in [0.15, 0.2) is 5.65 Å². The summed E-state index contributed by atoms with van der Waals surface area (Å²) in [6.07, 6.45) is 3.14. The molecule has 24 heavy (non-hydrogen) atoms. The molecule has 0 saturated carbocycles. The van der Waals surface area contributed by atoms with E-state index in [4.69, 9.17) is 0 Å². The van der Waals surface area contributed by atoms with Crippen LogP contribution in [0.5, 0.6) is 0 Å². The summed E-state index contributed by atoms with van der Waals surface area (Å²) in [6, 6.07) is 9.59. The summed E-state index contributed by atoms with van der Waals surface area (Å²) in [5, 5.41) is 13.3. The molecule has 0 aliphatic carbocycles. The fraction of sp³-hybridized carbons (Fsp3) is 0.133. The molecular weight excluding hydrogens is 374 g/mol. The van der Waals surface area contributed by atoms with Gasteiger partial charge in [-0.1, -0.05) is 18.2 Å². The SMILES string of the molecule is Cn1nc(Br)c2c(=O)n(Cc3cnn(-c4ccccc4)n3)cnc21. The first kappa shape index (κ1) is 14.8. The summed E-state index contributed by atoms with van der Waals surface area (Å²) in [6.45, 7) is 0.288. The van der Waals surface area contributed by atoms with Crippen molar-refractivity contribution in [1.82, 2.24) is 34.3 Å². The zero-order valence-corrected chi connectivity index (χ0v) is 14.3. The maximum absolute atomic E-state index is 12.6. The zero-order chi connectivity index (χ0) is 16.7. The molecule has 0 aliphatic heterocycles. The summed E-state index contributed by atoms with van der Waals surface area (Å²) in [4.78, 5) is 18.5. The minimum Gasteiger partial charge on any atom is -0.292 e. The third kappa shape index (κ3) is 2.42. The van der Waals surface area contributed by atoms with Gasteiger partial charge < -0.3 is 0 Å². The van der Waals surface area contributed by atoms with Crippen LogP contribution in [-0.2, 0) is 13.6 Å². The molecule has 0 saturated heterocycles. The Morgan fingerprint density at radius 1 is 1.17 bits per heavy atom. The van der Waals surface area contributed by atoms with Gasteiger partial charge in [-0.25, -0.2) is 9.67 Å². The molecule has 4 aromatic rings. The summed E-state index contributed by atoms with van der Waals surface area (Å²) in [5.74, 6) is 0. The van der Waals surface area contributed by atoms with Gasteiger partial charge in [-0.15, -0.1) is 0 Å². The molecule has 4 rings (SSSR count). The molecular formula is C15H12BrN7O. The maximum Gasteiger partial charge on any atom is 0.266 e. The molecule has 1 aromatic carbocycles. The number of aryl methyl sites for hydroxylation is 1. The van der Waals surface area contributed by atoms with Gasteiger partial charge in [0.1, 0.15) is 22.0 Å². The number of hydrogen-bond acceptors (Lipinski definition) is 5. The van der Waals surface area contributed by atoms with Gasteiger partial charge in [0.2, 0.25) is 0 Å². The molecule has 9 heteroatoms. The third-order valence-corrected chi connectivity index (χ3v) is 4.18. The van der Waals surface area contributed by atoms with E-state index >= 15 is 0 Å². The van der Waals surface area contributed by atoms with Crippen molar-refractivity contribution in [3.63, 3.8) is 0 Å². The standard InChI is InChI=1S/C15H12BrN7O/c1-21-14-12(13(16)20-21)15(24)22(9-17-14)8-10-7-18-23(19-10)11-5-3-2-4-6-11/h2-7,9H,8H2,1H3. The highest BCUT2D eigenvalue weighted by Gasteiger charge is 2.14. The average molecular weight is 386 g/mol. The van der Waals surface area contributed by atoms with E-state index in [1.54, 1.807) is 17.9 Å². The van der Waals surface area contributed by atoms with Crippen LogP contribution < -0.4 is 5.56 Å². The van der Waals surface area contributed by atoms with Crippen LogP contribution in [0.3, 0.4) is 0 Å². The summed E-state index contributed by atoms with van der Waals surface area (Å²) in [5.41, 5.74) is 1.90. The highest BCUT2D eigenvalue weighted by Crippen LogP contribution is 2.16. The lowest BCUT2D eigenvalue weighted by atomic mass is 10.3. The van der Waals surface area contributed by atoms with E-state index in [-0.39, 0.29) is 12.1 Å². The predicted octanol–water partition coefficient (Wildman–Crippen LogP) is 1.52. The van der Waals surface area contributed by atoms with Gasteiger partial charge in [0.05, 0.1) is 18.4 Å². The Balaban J connectivity index is 1.70. The van der Waals surface area contributed by atoms with Crippen LogP contribution in [0.1, 0.15) is 5.69 Å². The molecule has 0 N–H and O–H groups in total. The molecule has 3 aromatic heterocycles. The Morgan fingerprint density at radius 3 is 2.75 bits per heavy atom. The van der Waals surface area contributed by atoms with E-state index in [0.717, 1.165) is 5.69 Å². The van der Waals surface area contributed by atoms with Crippen molar-refractivity contribution in [2.24, 2.45) is 7.05 Å². The van der Waals surface area contributed by atoms with Crippen LogP contribution in [0.25, 0.3) is 16.7 Å². The van der Waals surface area contributed by atoms with Crippen LogP contribution in [0, 0.1) is 0 Å². The molecule has 0 atom stereocenters. The molecule has 0 amide bonds. The van der Waals surface area contributed by atoms with Crippen molar-refractivity contribution >= 4 is 27.0 Å². The minimum absolute atomic E-state index is 0.172. The molecule has 8 nitrogen and oxygen atoms in total. The van der Waals surface area contributed by atoms with Crippen molar-refractivity contribution in [2.75, 3.05) is 0 Å². The first-order chi connectivity index (χ1) is 11.6. The van der Waals surface area contributed by atoms with Gasteiger partial charge >= 0.3 is 0 Å². The van der Waals surface area contributed by atoms with Crippen LogP contribution in [-0.4, -0.2) is 34.3 Å². The molecule has 0 unspecified atom stereocenters. The molecule has 0 radical (unpaired) electrons. The summed E-state index contributed by atoms with van der Waals surface area (Å²) < 4.78 is 3.55. The Morgan fingerprint density at radius 2 is 1.96 bits per heavy atom. The van der Waals surface area contributed by atoms with Gasteiger partial charge in [0, 0.05) is 7.05 Å². The van der Waals surface area contributed by atoms with E-state index < -0.39 is 0 Å². The van der Waals surface area contributed by atoms with Gasteiger partial charge in [-0.05, 0) is 28.1 Å². The van der Waals surface area contributed by atoms with Crippen LogP contribution in [0.15, 0.2) is 52.3 Å². The lowest BCUT2D eigenvalue weighted by Crippen LogP contribution is -2.21. The zero-order valence-electron chi connectivity index (χ0n) is 12.7. The smallest absolute Gasteiger partial charge is 0.266 e. The number of hydrogen-bond donors (Lipinski definition) is 0. The first-order valence-corrected chi connectivity index (χ1v) is 7.97. The molecule has 3 heterocycles. The second-order valence-electron chi connectivity index (χ2n) is 5.25. The summed E-state index contributed by atoms with van der Waals surface area (Å²) in [7, 11) is 1.75. The number of halogens is 1. The van der Waals surface area contributed by atoms with Gasteiger partial charge in [-0.3, -0.25) is 9.36 Å². The quantitative estimate of drug-likeness (QED) is 0.533. The molecule has 0 bridgehead atoms. The van der Waals surface area contributed by atoms with Crippen molar-refractivity contribution in [1.29, 1.82) is 0 Å². The van der Waals surface area contributed by atoms with E-state index in [9.17, 15) is 4.79 Å². The van der Waals surface area contributed by atoms with Crippen molar-refractivity contribution in [3.05, 3.63) is 63.5 Å². The average Bonchev–Trinajstić information content (AvgIpc) is 3.16. The molecule has 0 aliphatic rings. The maximum atomic E-state index is 12.6. The predicted molar refractivity (Wildman–Crippen MR) is 90.9 cm³/mol. The number of para-hydroxylation sites is 1. The first-order valence-electron chi connectivity index (χ1n) is 7.18. The van der Waals surface area contributed by atoms with Gasteiger partial charge in [-0.2, -0.15) is 20.1 Å². The largest absolute Gasteiger partial charge is 0.292 e. The van der Waals surface area contributed by atoms with Crippen molar-refractivity contribution < 1.29 is 0 Å². The normalized spacial score (nSPS) is 11.2. The van der Waals surface area contributed by atoms with E-state index in [0.29, 0.717) is 21.3 Å². The minimum atomic E-state index is -0.172. The number of aromatic nitrogens is 7. The Hall–Kier alpha value is -2.81.